The number of hydrogen-bond donors (Lipinski definition) is 3. The van der Waals surface area contributed by atoms with E-state index in [1.807, 2.05) is 60.8 Å². The summed E-state index contributed by atoms with van der Waals surface area (Å²) in [4.78, 5) is 20.2. The van der Waals surface area contributed by atoms with E-state index in [1.54, 1.807) is 12.3 Å². The topological polar surface area (TPSA) is 92.9 Å². The molecule has 2 aromatic heterocycles. The Bertz CT molecular complexity index is 1130. The Morgan fingerprint density at radius 1 is 0.964 bits per heavy atom. The van der Waals surface area contributed by atoms with Gasteiger partial charge in [-0.15, -0.1) is 0 Å². The van der Waals surface area contributed by atoms with Crippen LogP contribution in [-0.4, -0.2) is 15.9 Å². The molecule has 0 aliphatic heterocycles. The lowest BCUT2D eigenvalue weighted by Gasteiger charge is -2.13. The molecule has 0 aliphatic carbocycles. The highest BCUT2D eigenvalue weighted by Crippen LogP contribution is 2.24. The minimum atomic E-state index is -0.522. The van der Waals surface area contributed by atoms with Crippen LogP contribution in [0.15, 0.2) is 79.3 Å². The highest BCUT2D eigenvalue weighted by Gasteiger charge is 2.11. The van der Waals surface area contributed by atoms with E-state index in [-0.39, 0.29) is 0 Å². The van der Waals surface area contributed by atoms with Gasteiger partial charge in [-0.3, -0.25) is 9.78 Å². The van der Waals surface area contributed by atoms with Gasteiger partial charge in [0, 0.05) is 42.3 Å². The third-order valence-corrected chi connectivity index (χ3v) is 4.41. The van der Waals surface area contributed by atoms with Gasteiger partial charge in [-0.25, -0.2) is 4.98 Å². The molecule has 2 aromatic carbocycles. The first-order valence-corrected chi connectivity index (χ1v) is 8.87. The molecular formula is C22H19N5O. The molecule has 1 amide bonds. The maximum Gasteiger partial charge on any atom is 0.252 e. The number of fused-ring (bicyclic) bond motifs is 1. The fraction of sp³-hybridized carbons (Fsp3) is 0.0455. The quantitative estimate of drug-likeness (QED) is 0.476. The molecule has 6 nitrogen and oxygen atoms in total. The van der Waals surface area contributed by atoms with Gasteiger partial charge in [-0.1, -0.05) is 36.4 Å². The highest BCUT2D eigenvalue weighted by atomic mass is 16.1. The maximum atomic E-state index is 11.8. The van der Waals surface area contributed by atoms with Crippen molar-refractivity contribution in [2.45, 2.75) is 6.54 Å². The predicted molar refractivity (Wildman–Crippen MR) is 112 cm³/mol. The minimum Gasteiger partial charge on any atom is -0.380 e. The average molecular weight is 369 g/mol. The molecule has 2 heterocycles. The van der Waals surface area contributed by atoms with Crippen molar-refractivity contribution in [1.29, 1.82) is 0 Å². The fourth-order valence-corrected chi connectivity index (χ4v) is 2.97. The summed E-state index contributed by atoms with van der Waals surface area (Å²) in [5.41, 5.74) is 8.47. The minimum absolute atomic E-state index is 0.351. The van der Waals surface area contributed by atoms with Crippen LogP contribution in [0.2, 0.25) is 0 Å². The van der Waals surface area contributed by atoms with Gasteiger partial charge >= 0.3 is 0 Å². The molecule has 4 N–H and O–H groups in total. The lowest BCUT2D eigenvalue weighted by Crippen LogP contribution is -2.15. The molecule has 138 valence electrons. The Labute approximate surface area is 162 Å². The number of pyridine rings is 2. The van der Waals surface area contributed by atoms with Crippen molar-refractivity contribution in [3.05, 3.63) is 90.4 Å². The number of rotatable bonds is 6. The predicted octanol–water partition coefficient (Wildman–Crippen LogP) is 4.08. The van der Waals surface area contributed by atoms with Crippen LogP contribution in [0.5, 0.6) is 0 Å². The highest BCUT2D eigenvalue weighted by molar-refractivity contribution is 5.98. The van der Waals surface area contributed by atoms with Crippen molar-refractivity contribution >= 4 is 33.9 Å². The molecule has 0 spiro atoms. The lowest BCUT2D eigenvalue weighted by molar-refractivity contribution is 0.100. The van der Waals surface area contributed by atoms with E-state index < -0.39 is 5.91 Å². The van der Waals surface area contributed by atoms with E-state index in [2.05, 4.69) is 20.6 Å². The van der Waals surface area contributed by atoms with Crippen molar-refractivity contribution in [3.8, 4) is 0 Å². The van der Waals surface area contributed by atoms with Gasteiger partial charge in [0.2, 0.25) is 0 Å². The number of carbonyl (C=O) groups excluding carboxylic acids is 1. The summed E-state index contributed by atoms with van der Waals surface area (Å²) in [7, 11) is 0. The van der Waals surface area contributed by atoms with Crippen LogP contribution in [0.1, 0.15) is 15.9 Å². The standard InChI is InChI=1S/C22H19N5O/c23-22(28)19-14-26-21(11-20(19)25-12-15-4-2-1-3-5-15)27-18-7-6-16-8-9-24-13-17(16)10-18/h1-11,13-14H,12H2,(H2,23,28)(H2,25,26,27). The van der Waals surface area contributed by atoms with Crippen molar-refractivity contribution in [3.63, 3.8) is 0 Å². The number of carbonyl (C=O) groups is 1. The molecule has 6 heteroatoms. The van der Waals surface area contributed by atoms with Crippen molar-refractivity contribution in [1.82, 2.24) is 9.97 Å². The first kappa shape index (κ1) is 17.5. The molecular weight excluding hydrogens is 350 g/mol. The lowest BCUT2D eigenvalue weighted by atomic mass is 10.1. The molecule has 0 unspecified atom stereocenters. The summed E-state index contributed by atoms with van der Waals surface area (Å²) in [6.45, 7) is 0.576. The number of anilines is 3. The van der Waals surface area contributed by atoms with Crippen LogP contribution < -0.4 is 16.4 Å². The normalized spacial score (nSPS) is 10.6. The zero-order chi connectivity index (χ0) is 19.3. The zero-order valence-corrected chi connectivity index (χ0v) is 15.1. The number of primary amides is 1. The van der Waals surface area contributed by atoms with Crippen molar-refractivity contribution in [2.75, 3.05) is 10.6 Å². The summed E-state index contributed by atoms with van der Waals surface area (Å²) in [6, 6.07) is 19.7. The van der Waals surface area contributed by atoms with Gasteiger partial charge in [0.05, 0.1) is 11.3 Å². The van der Waals surface area contributed by atoms with E-state index in [1.165, 1.54) is 6.20 Å². The molecule has 4 rings (SSSR count). The Kier molecular flexibility index (Phi) is 4.84. The second-order valence-electron chi connectivity index (χ2n) is 6.38. The molecule has 0 fully saturated rings. The second kappa shape index (κ2) is 7.75. The van der Waals surface area contributed by atoms with Crippen LogP contribution in [-0.2, 0) is 6.54 Å². The van der Waals surface area contributed by atoms with Gasteiger partial charge in [0.1, 0.15) is 5.82 Å². The summed E-state index contributed by atoms with van der Waals surface area (Å²) in [5.74, 6) is 0.0928. The number of nitrogens with two attached hydrogens (primary N) is 1. The summed E-state index contributed by atoms with van der Waals surface area (Å²) >= 11 is 0. The largest absolute Gasteiger partial charge is 0.380 e. The van der Waals surface area contributed by atoms with Gasteiger partial charge in [-0.05, 0) is 29.1 Å². The first-order valence-electron chi connectivity index (χ1n) is 8.87. The molecule has 0 saturated carbocycles. The number of hydrogen-bond acceptors (Lipinski definition) is 5. The average Bonchev–Trinajstić information content (AvgIpc) is 2.73. The van der Waals surface area contributed by atoms with Gasteiger partial charge < -0.3 is 16.4 Å². The van der Waals surface area contributed by atoms with Gasteiger partial charge in [0.15, 0.2) is 0 Å². The third-order valence-electron chi connectivity index (χ3n) is 4.41. The van der Waals surface area contributed by atoms with E-state index in [0.717, 1.165) is 22.0 Å². The van der Waals surface area contributed by atoms with E-state index in [0.29, 0.717) is 23.6 Å². The van der Waals surface area contributed by atoms with Gasteiger partial charge in [-0.2, -0.15) is 0 Å². The summed E-state index contributed by atoms with van der Waals surface area (Å²) in [5, 5.41) is 8.69. The van der Waals surface area contributed by atoms with Crippen LogP contribution in [0, 0.1) is 0 Å². The van der Waals surface area contributed by atoms with Crippen LogP contribution in [0.4, 0.5) is 17.2 Å². The van der Waals surface area contributed by atoms with E-state index >= 15 is 0 Å². The maximum absolute atomic E-state index is 11.8. The Morgan fingerprint density at radius 3 is 2.64 bits per heavy atom. The molecule has 0 radical (unpaired) electrons. The molecule has 4 aromatic rings. The Morgan fingerprint density at radius 2 is 1.82 bits per heavy atom. The smallest absolute Gasteiger partial charge is 0.252 e. The third kappa shape index (κ3) is 3.91. The van der Waals surface area contributed by atoms with Crippen molar-refractivity contribution < 1.29 is 4.79 Å². The van der Waals surface area contributed by atoms with E-state index in [9.17, 15) is 4.79 Å². The number of benzene rings is 2. The van der Waals surface area contributed by atoms with Crippen LogP contribution in [0.25, 0.3) is 10.8 Å². The van der Waals surface area contributed by atoms with Gasteiger partial charge in [0.25, 0.3) is 5.91 Å². The molecule has 0 aliphatic rings. The number of nitrogens with zero attached hydrogens (tertiary/aromatic N) is 2. The monoisotopic (exact) mass is 369 g/mol. The molecule has 0 bridgehead atoms. The van der Waals surface area contributed by atoms with Crippen LogP contribution >= 0.6 is 0 Å². The molecule has 0 atom stereocenters. The fourth-order valence-electron chi connectivity index (χ4n) is 2.97. The number of aromatic nitrogens is 2. The second-order valence-corrected chi connectivity index (χ2v) is 6.38. The van der Waals surface area contributed by atoms with Crippen LogP contribution in [0.3, 0.4) is 0 Å². The number of nitrogens with one attached hydrogen (secondary N) is 2. The summed E-state index contributed by atoms with van der Waals surface area (Å²) < 4.78 is 0. The zero-order valence-electron chi connectivity index (χ0n) is 15.1. The Balaban J connectivity index is 1.59. The number of amides is 1. The summed E-state index contributed by atoms with van der Waals surface area (Å²) in [6.07, 6.45) is 5.07. The van der Waals surface area contributed by atoms with E-state index in [4.69, 9.17) is 5.73 Å². The molecule has 28 heavy (non-hydrogen) atoms. The first-order chi connectivity index (χ1) is 13.7. The SMILES string of the molecule is NC(=O)c1cnc(Nc2ccc3ccncc3c2)cc1NCc1ccccc1. The molecule has 0 saturated heterocycles. The Hall–Kier alpha value is -3.93. The van der Waals surface area contributed by atoms with Crippen molar-refractivity contribution in [2.24, 2.45) is 5.73 Å².